The van der Waals surface area contributed by atoms with Gasteiger partial charge in [0, 0.05) is 18.5 Å². The van der Waals surface area contributed by atoms with E-state index >= 15 is 0 Å². The van der Waals surface area contributed by atoms with E-state index in [4.69, 9.17) is 0 Å². The molecule has 1 unspecified atom stereocenters. The molecule has 0 saturated carbocycles. The predicted molar refractivity (Wildman–Crippen MR) is 103 cm³/mol. The van der Waals surface area contributed by atoms with Crippen LogP contribution in [0, 0.1) is 6.92 Å². The number of nitrogens with one attached hydrogen (secondary N) is 2. The third kappa shape index (κ3) is 3.56. The number of amides is 2. The van der Waals surface area contributed by atoms with Crippen molar-refractivity contribution in [2.75, 3.05) is 6.54 Å². The summed E-state index contributed by atoms with van der Waals surface area (Å²) in [6, 6.07) is 13.2. The summed E-state index contributed by atoms with van der Waals surface area (Å²) in [4.78, 5) is 27.6. The predicted octanol–water partition coefficient (Wildman–Crippen LogP) is 2.79. The van der Waals surface area contributed by atoms with Crippen molar-refractivity contribution in [3.05, 3.63) is 65.4 Å². The molecule has 6 nitrogen and oxygen atoms in total. The first-order chi connectivity index (χ1) is 13.1. The van der Waals surface area contributed by atoms with Crippen LogP contribution < -0.4 is 5.32 Å². The lowest BCUT2D eigenvalue weighted by Crippen LogP contribution is -2.51. The fourth-order valence-corrected chi connectivity index (χ4v) is 3.66. The van der Waals surface area contributed by atoms with Gasteiger partial charge in [-0.2, -0.15) is 5.10 Å². The first-order valence-electron chi connectivity index (χ1n) is 9.19. The molecule has 0 aliphatic carbocycles. The maximum Gasteiger partial charge on any atom is 0.254 e. The van der Waals surface area contributed by atoms with Gasteiger partial charge in [-0.05, 0) is 43.0 Å². The van der Waals surface area contributed by atoms with Crippen molar-refractivity contribution in [1.29, 1.82) is 0 Å². The number of aryl methyl sites for hydroxylation is 1. The van der Waals surface area contributed by atoms with Crippen molar-refractivity contribution in [2.45, 2.75) is 32.4 Å². The summed E-state index contributed by atoms with van der Waals surface area (Å²) in [5.74, 6) is -0.264. The zero-order valence-corrected chi connectivity index (χ0v) is 15.2. The highest BCUT2D eigenvalue weighted by atomic mass is 16.2. The number of carbonyl (C=O) groups excluding carboxylic acids is 2. The van der Waals surface area contributed by atoms with Crippen LogP contribution in [0.5, 0.6) is 0 Å². The Bertz CT molecular complexity index is 980. The molecule has 1 atom stereocenters. The van der Waals surface area contributed by atoms with E-state index in [0.717, 1.165) is 29.5 Å². The lowest BCUT2D eigenvalue weighted by atomic mass is 10.0. The summed E-state index contributed by atoms with van der Waals surface area (Å²) in [6.07, 6.45) is 3.23. The van der Waals surface area contributed by atoms with Gasteiger partial charge in [-0.1, -0.05) is 30.3 Å². The van der Waals surface area contributed by atoms with Gasteiger partial charge in [-0.3, -0.25) is 14.7 Å². The lowest BCUT2D eigenvalue weighted by molar-refractivity contribution is -0.136. The van der Waals surface area contributed by atoms with E-state index in [9.17, 15) is 9.59 Å². The van der Waals surface area contributed by atoms with Gasteiger partial charge >= 0.3 is 0 Å². The second-order valence-electron chi connectivity index (χ2n) is 7.06. The molecule has 0 radical (unpaired) electrons. The highest BCUT2D eigenvalue weighted by molar-refractivity contribution is 6.07. The Balaban J connectivity index is 1.50. The molecular weight excluding hydrogens is 340 g/mol. The largest absolute Gasteiger partial charge is 0.340 e. The van der Waals surface area contributed by atoms with E-state index in [1.165, 1.54) is 0 Å². The summed E-state index contributed by atoms with van der Waals surface area (Å²) in [7, 11) is 0. The Morgan fingerprint density at radius 2 is 2.11 bits per heavy atom. The Kier molecular flexibility index (Phi) is 4.62. The van der Waals surface area contributed by atoms with E-state index < -0.39 is 6.04 Å². The van der Waals surface area contributed by atoms with Crippen molar-refractivity contribution in [3.63, 3.8) is 0 Å². The van der Waals surface area contributed by atoms with Crippen molar-refractivity contribution in [2.24, 2.45) is 0 Å². The Morgan fingerprint density at radius 3 is 2.93 bits per heavy atom. The summed E-state index contributed by atoms with van der Waals surface area (Å²) in [5.41, 5.74) is 3.29. The Morgan fingerprint density at radius 1 is 1.30 bits per heavy atom. The fraction of sp³-hybridized carbons (Fsp3) is 0.286. The van der Waals surface area contributed by atoms with Crippen LogP contribution in [0.4, 0.5) is 0 Å². The van der Waals surface area contributed by atoms with Crippen molar-refractivity contribution in [1.82, 2.24) is 20.4 Å². The number of aromatic amines is 1. The van der Waals surface area contributed by atoms with Crippen LogP contribution >= 0.6 is 0 Å². The number of benzene rings is 2. The van der Waals surface area contributed by atoms with Crippen molar-refractivity contribution in [3.8, 4) is 0 Å². The summed E-state index contributed by atoms with van der Waals surface area (Å²) in [6.45, 7) is 3.23. The highest BCUT2D eigenvalue weighted by Crippen LogP contribution is 2.20. The zero-order valence-electron chi connectivity index (χ0n) is 15.2. The molecule has 2 heterocycles. The molecule has 1 saturated heterocycles. The highest BCUT2D eigenvalue weighted by Gasteiger charge is 2.30. The maximum atomic E-state index is 12.9. The van der Waals surface area contributed by atoms with E-state index in [0.29, 0.717) is 24.0 Å². The van der Waals surface area contributed by atoms with Gasteiger partial charge in [0.2, 0.25) is 5.91 Å². The van der Waals surface area contributed by atoms with Crippen LogP contribution in [-0.2, 0) is 11.3 Å². The zero-order chi connectivity index (χ0) is 18.8. The minimum atomic E-state index is -0.492. The van der Waals surface area contributed by atoms with Gasteiger partial charge in [0.1, 0.15) is 6.04 Å². The van der Waals surface area contributed by atoms with E-state index in [2.05, 4.69) is 15.5 Å². The summed E-state index contributed by atoms with van der Waals surface area (Å²) >= 11 is 0. The van der Waals surface area contributed by atoms with Crippen LogP contribution in [0.25, 0.3) is 10.9 Å². The molecule has 1 aromatic heterocycles. The van der Waals surface area contributed by atoms with Gasteiger partial charge in [0.05, 0.1) is 17.3 Å². The van der Waals surface area contributed by atoms with Crippen LogP contribution in [0.1, 0.15) is 34.3 Å². The molecule has 2 amide bonds. The number of carbonyl (C=O) groups is 2. The Hall–Kier alpha value is -3.15. The molecule has 138 valence electrons. The molecule has 2 aromatic carbocycles. The van der Waals surface area contributed by atoms with Gasteiger partial charge < -0.3 is 10.2 Å². The average Bonchev–Trinajstić information content (AvgIpc) is 3.13. The second-order valence-corrected chi connectivity index (χ2v) is 7.06. The monoisotopic (exact) mass is 362 g/mol. The number of H-pyrrole nitrogens is 1. The number of nitrogens with zero attached hydrogens (tertiary/aromatic N) is 2. The van der Waals surface area contributed by atoms with Crippen molar-refractivity contribution < 1.29 is 9.59 Å². The average molecular weight is 362 g/mol. The number of hydrogen-bond acceptors (Lipinski definition) is 3. The molecule has 6 heteroatoms. The molecule has 3 aromatic rings. The molecule has 4 rings (SSSR count). The number of aromatic nitrogens is 2. The second kappa shape index (κ2) is 7.23. The first kappa shape index (κ1) is 17.3. The summed E-state index contributed by atoms with van der Waals surface area (Å²) in [5, 5.41) is 10.7. The Labute approximate surface area is 157 Å². The van der Waals surface area contributed by atoms with Gasteiger partial charge in [0.15, 0.2) is 0 Å². The maximum absolute atomic E-state index is 12.9. The van der Waals surface area contributed by atoms with E-state index in [1.54, 1.807) is 6.20 Å². The molecular formula is C21H22N4O2. The molecule has 0 spiro atoms. The SMILES string of the molecule is Cc1cc(C(=O)NC2CCCN(Cc3ccccc3)C2=O)c2[nH]ncc2c1. The molecule has 0 bridgehead atoms. The fourth-order valence-electron chi connectivity index (χ4n) is 3.66. The molecule has 1 aliphatic heterocycles. The number of likely N-dealkylation sites (tertiary alicyclic amines) is 1. The van der Waals surface area contributed by atoms with Crippen molar-refractivity contribution >= 4 is 22.7 Å². The number of hydrogen-bond donors (Lipinski definition) is 2. The minimum absolute atomic E-state index is 0.0213. The first-order valence-corrected chi connectivity index (χ1v) is 9.19. The van der Waals surface area contributed by atoms with Gasteiger partial charge in [-0.15, -0.1) is 0 Å². The van der Waals surface area contributed by atoms with Crippen LogP contribution in [0.2, 0.25) is 0 Å². The number of rotatable bonds is 4. The molecule has 2 N–H and O–H groups in total. The molecule has 1 fully saturated rings. The smallest absolute Gasteiger partial charge is 0.254 e. The molecule has 1 aliphatic rings. The van der Waals surface area contributed by atoms with E-state index in [-0.39, 0.29) is 11.8 Å². The van der Waals surface area contributed by atoms with Crippen LogP contribution in [-0.4, -0.2) is 39.5 Å². The third-order valence-electron chi connectivity index (χ3n) is 4.99. The van der Waals surface area contributed by atoms with Gasteiger partial charge in [0.25, 0.3) is 5.91 Å². The van der Waals surface area contributed by atoms with Crippen LogP contribution in [0.3, 0.4) is 0 Å². The minimum Gasteiger partial charge on any atom is -0.340 e. The lowest BCUT2D eigenvalue weighted by Gasteiger charge is -2.32. The number of piperidine rings is 1. The standard InChI is InChI=1S/C21H22N4O2/c1-14-10-16-12-22-24-19(16)17(11-14)20(26)23-18-8-5-9-25(21(18)27)13-15-6-3-2-4-7-15/h2-4,6-7,10-12,18H,5,8-9,13H2,1H3,(H,22,24)(H,23,26). The number of fused-ring (bicyclic) bond motifs is 1. The summed E-state index contributed by atoms with van der Waals surface area (Å²) < 4.78 is 0. The third-order valence-corrected chi connectivity index (χ3v) is 4.99. The topological polar surface area (TPSA) is 78.1 Å². The molecule has 27 heavy (non-hydrogen) atoms. The van der Waals surface area contributed by atoms with Crippen LogP contribution in [0.15, 0.2) is 48.7 Å². The normalized spacial score (nSPS) is 17.3. The quantitative estimate of drug-likeness (QED) is 0.749. The van der Waals surface area contributed by atoms with E-state index in [1.807, 2.05) is 54.3 Å². The van der Waals surface area contributed by atoms with Gasteiger partial charge in [-0.25, -0.2) is 0 Å².